The summed E-state index contributed by atoms with van der Waals surface area (Å²) in [5.41, 5.74) is 9.33. The summed E-state index contributed by atoms with van der Waals surface area (Å²) in [6.07, 6.45) is 2.43. The lowest BCUT2D eigenvalue weighted by Gasteiger charge is -2.13. The highest BCUT2D eigenvalue weighted by Crippen LogP contribution is 2.33. The first-order chi connectivity index (χ1) is 9.74. The van der Waals surface area contributed by atoms with Gasteiger partial charge in [0.25, 0.3) is 0 Å². The molecule has 2 aromatic rings. The maximum Gasteiger partial charge on any atom is 0.123 e. The highest BCUT2D eigenvalue weighted by atomic mass is 16.5. The van der Waals surface area contributed by atoms with E-state index in [9.17, 15) is 5.11 Å². The summed E-state index contributed by atoms with van der Waals surface area (Å²) in [5, 5.41) is 10.1. The Hall–Kier alpha value is -2.00. The van der Waals surface area contributed by atoms with Crippen molar-refractivity contribution in [2.45, 2.75) is 25.3 Å². The second kappa shape index (κ2) is 5.55. The SMILES string of the molecule is NC(CCc1cc2c(cc1O)CCO2)c1ccccc1. The second-order valence-corrected chi connectivity index (χ2v) is 5.24. The first-order valence-corrected chi connectivity index (χ1v) is 7.02. The fourth-order valence-corrected chi connectivity index (χ4v) is 2.63. The molecule has 0 spiro atoms. The number of rotatable bonds is 4. The number of ether oxygens (including phenoxy) is 1. The van der Waals surface area contributed by atoms with Gasteiger partial charge in [0.05, 0.1) is 6.61 Å². The van der Waals surface area contributed by atoms with E-state index < -0.39 is 0 Å². The summed E-state index contributed by atoms with van der Waals surface area (Å²) in [6.45, 7) is 0.710. The molecule has 0 aromatic heterocycles. The molecule has 1 heterocycles. The van der Waals surface area contributed by atoms with Gasteiger partial charge in [-0.3, -0.25) is 0 Å². The average molecular weight is 269 g/mol. The summed E-state index contributed by atoms with van der Waals surface area (Å²) < 4.78 is 5.54. The first kappa shape index (κ1) is 13.0. The summed E-state index contributed by atoms with van der Waals surface area (Å²) in [7, 11) is 0. The third-order valence-electron chi connectivity index (χ3n) is 3.84. The molecule has 3 heteroatoms. The van der Waals surface area contributed by atoms with Crippen molar-refractivity contribution in [1.82, 2.24) is 0 Å². The molecule has 0 bridgehead atoms. The zero-order chi connectivity index (χ0) is 13.9. The van der Waals surface area contributed by atoms with Gasteiger partial charge >= 0.3 is 0 Å². The van der Waals surface area contributed by atoms with Crippen LogP contribution in [0.1, 0.15) is 29.2 Å². The van der Waals surface area contributed by atoms with Gasteiger partial charge in [-0.05, 0) is 36.1 Å². The largest absolute Gasteiger partial charge is 0.508 e. The van der Waals surface area contributed by atoms with Crippen LogP contribution in [0.25, 0.3) is 0 Å². The van der Waals surface area contributed by atoms with Crippen molar-refractivity contribution in [3.05, 3.63) is 59.2 Å². The molecular weight excluding hydrogens is 250 g/mol. The lowest BCUT2D eigenvalue weighted by atomic mass is 9.98. The Balaban J connectivity index is 1.70. The van der Waals surface area contributed by atoms with Crippen molar-refractivity contribution in [1.29, 1.82) is 0 Å². The van der Waals surface area contributed by atoms with Crippen molar-refractivity contribution < 1.29 is 9.84 Å². The van der Waals surface area contributed by atoms with Crippen molar-refractivity contribution in [2.24, 2.45) is 5.73 Å². The summed E-state index contributed by atoms with van der Waals surface area (Å²) >= 11 is 0. The molecule has 3 N–H and O–H groups in total. The summed E-state index contributed by atoms with van der Waals surface area (Å²) in [5.74, 6) is 1.26. The molecule has 1 unspecified atom stereocenters. The molecule has 0 saturated carbocycles. The highest BCUT2D eigenvalue weighted by molar-refractivity contribution is 5.47. The predicted octanol–water partition coefficient (Wildman–Crippen LogP) is 2.96. The number of phenolic OH excluding ortho intramolecular Hbond substituents is 1. The molecule has 0 fully saturated rings. The van der Waals surface area contributed by atoms with Gasteiger partial charge in [-0.25, -0.2) is 0 Å². The molecule has 0 aliphatic carbocycles. The summed E-state index contributed by atoms with van der Waals surface area (Å²) in [6, 6.07) is 13.8. The van der Waals surface area contributed by atoms with E-state index in [1.165, 1.54) is 0 Å². The average Bonchev–Trinajstić information content (AvgIpc) is 2.92. The van der Waals surface area contributed by atoms with Crippen LogP contribution in [0.5, 0.6) is 11.5 Å². The number of nitrogens with two attached hydrogens (primary N) is 1. The van der Waals surface area contributed by atoms with E-state index in [4.69, 9.17) is 10.5 Å². The molecule has 3 nitrogen and oxygen atoms in total. The van der Waals surface area contributed by atoms with Gasteiger partial charge in [0.15, 0.2) is 0 Å². The Morgan fingerprint density at radius 3 is 2.80 bits per heavy atom. The van der Waals surface area contributed by atoms with Crippen LogP contribution < -0.4 is 10.5 Å². The quantitative estimate of drug-likeness (QED) is 0.897. The third kappa shape index (κ3) is 2.63. The van der Waals surface area contributed by atoms with Gasteiger partial charge in [0.1, 0.15) is 11.5 Å². The number of aromatic hydroxyl groups is 1. The van der Waals surface area contributed by atoms with Crippen LogP contribution in [-0.2, 0) is 12.8 Å². The van der Waals surface area contributed by atoms with Crippen molar-refractivity contribution in [2.75, 3.05) is 6.61 Å². The Morgan fingerprint density at radius 2 is 2.00 bits per heavy atom. The van der Waals surface area contributed by atoms with Gasteiger partial charge in [-0.15, -0.1) is 0 Å². The van der Waals surface area contributed by atoms with E-state index in [1.54, 1.807) is 0 Å². The van der Waals surface area contributed by atoms with Gasteiger partial charge < -0.3 is 15.6 Å². The molecule has 0 saturated heterocycles. The zero-order valence-corrected chi connectivity index (χ0v) is 11.4. The molecule has 2 aromatic carbocycles. The minimum Gasteiger partial charge on any atom is -0.508 e. The monoisotopic (exact) mass is 269 g/mol. The van der Waals surface area contributed by atoms with Crippen molar-refractivity contribution in [3.63, 3.8) is 0 Å². The Morgan fingerprint density at radius 1 is 1.20 bits per heavy atom. The van der Waals surface area contributed by atoms with Crippen LogP contribution in [0.2, 0.25) is 0 Å². The number of phenols is 1. The molecule has 1 aliphatic heterocycles. The zero-order valence-electron chi connectivity index (χ0n) is 11.4. The standard InChI is InChI=1S/C17H19NO2/c18-15(12-4-2-1-3-5-12)7-6-13-11-17-14(8-9-20-17)10-16(13)19/h1-5,10-11,15,19H,6-9,18H2. The van der Waals surface area contributed by atoms with Crippen molar-refractivity contribution in [3.8, 4) is 11.5 Å². The van der Waals surface area contributed by atoms with Gasteiger partial charge in [-0.1, -0.05) is 30.3 Å². The van der Waals surface area contributed by atoms with E-state index in [2.05, 4.69) is 0 Å². The number of benzene rings is 2. The van der Waals surface area contributed by atoms with Gasteiger partial charge in [0, 0.05) is 18.0 Å². The predicted molar refractivity (Wildman–Crippen MR) is 79.0 cm³/mol. The van der Waals surface area contributed by atoms with E-state index in [0.717, 1.165) is 41.7 Å². The third-order valence-corrected chi connectivity index (χ3v) is 3.84. The Bertz CT molecular complexity index is 595. The maximum atomic E-state index is 10.1. The summed E-state index contributed by atoms with van der Waals surface area (Å²) in [4.78, 5) is 0. The lowest BCUT2D eigenvalue weighted by Crippen LogP contribution is -2.11. The smallest absolute Gasteiger partial charge is 0.123 e. The van der Waals surface area contributed by atoms with E-state index >= 15 is 0 Å². The molecule has 3 rings (SSSR count). The topological polar surface area (TPSA) is 55.5 Å². The minimum atomic E-state index is -0.00947. The molecule has 1 atom stereocenters. The number of fused-ring (bicyclic) bond motifs is 1. The van der Waals surface area contributed by atoms with Crippen molar-refractivity contribution >= 4 is 0 Å². The van der Waals surface area contributed by atoms with Crippen LogP contribution in [0.15, 0.2) is 42.5 Å². The highest BCUT2D eigenvalue weighted by Gasteiger charge is 2.16. The van der Waals surface area contributed by atoms with Crippen LogP contribution in [0, 0.1) is 0 Å². The maximum absolute atomic E-state index is 10.1. The molecule has 0 amide bonds. The molecule has 0 radical (unpaired) electrons. The first-order valence-electron chi connectivity index (χ1n) is 7.02. The van der Waals surface area contributed by atoms with E-state index in [-0.39, 0.29) is 6.04 Å². The lowest BCUT2D eigenvalue weighted by molar-refractivity contribution is 0.356. The fraction of sp³-hybridized carbons (Fsp3) is 0.294. The van der Waals surface area contributed by atoms with Crippen LogP contribution >= 0.6 is 0 Å². The molecule has 20 heavy (non-hydrogen) atoms. The normalized spacial score (nSPS) is 14.7. The second-order valence-electron chi connectivity index (χ2n) is 5.24. The van der Waals surface area contributed by atoms with Crippen LogP contribution in [0.4, 0.5) is 0 Å². The molecule has 104 valence electrons. The molecular formula is C17H19NO2. The minimum absolute atomic E-state index is 0.00947. The number of hydrogen-bond donors (Lipinski definition) is 2. The number of hydrogen-bond acceptors (Lipinski definition) is 3. The fourth-order valence-electron chi connectivity index (χ4n) is 2.63. The Kier molecular flexibility index (Phi) is 3.61. The van der Waals surface area contributed by atoms with Crippen LogP contribution in [0.3, 0.4) is 0 Å². The Labute approximate surface area is 119 Å². The number of aryl methyl sites for hydroxylation is 1. The van der Waals surface area contributed by atoms with Gasteiger partial charge in [-0.2, -0.15) is 0 Å². The van der Waals surface area contributed by atoms with Gasteiger partial charge in [0.2, 0.25) is 0 Å². The van der Waals surface area contributed by atoms with Crippen LogP contribution in [-0.4, -0.2) is 11.7 Å². The van der Waals surface area contributed by atoms with E-state index in [1.807, 2.05) is 42.5 Å². The molecule has 1 aliphatic rings. The van der Waals surface area contributed by atoms with E-state index in [0.29, 0.717) is 12.4 Å².